The molecule has 0 aliphatic carbocycles. The van der Waals surface area contributed by atoms with Gasteiger partial charge in [0.2, 0.25) is 0 Å². The highest BCUT2D eigenvalue weighted by molar-refractivity contribution is 6.83. The van der Waals surface area contributed by atoms with Crippen LogP contribution >= 0.6 is 0 Å². The number of aromatic nitrogens is 2. The lowest BCUT2D eigenvalue weighted by Crippen LogP contribution is -2.22. The van der Waals surface area contributed by atoms with Gasteiger partial charge < -0.3 is 15.0 Å². The fourth-order valence-corrected chi connectivity index (χ4v) is 2.68. The van der Waals surface area contributed by atoms with Gasteiger partial charge in [-0.2, -0.15) is 0 Å². The fraction of sp³-hybridized carbons (Fsp3) is 0.381. The predicted octanol–water partition coefficient (Wildman–Crippen LogP) is 3.60. The topological polar surface area (TPSA) is 79.4 Å². The predicted molar refractivity (Wildman–Crippen MR) is 120 cm³/mol. The monoisotopic (exact) mass is 411 g/mol. The number of aryl methyl sites for hydroxylation is 1. The molecule has 0 bridgehead atoms. The number of hydrogen-bond acceptors (Lipinski definition) is 5. The summed E-state index contributed by atoms with van der Waals surface area (Å²) in [6.07, 6.45) is 3.11. The quantitative estimate of drug-likeness (QED) is 0.561. The molecule has 1 heterocycles. The van der Waals surface area contributed by atoms with Crippen LogP contribution in [-0.2, 0) is 0 Å². The first-order chi connectivity index (χ1) is 13.6. The lowest BCUT2D eigenvalue weighted by molar-refractivity contribution is 0.258. The normalized spacial score (nSPS) is 10.9. The van der Waals surface area contributed by atoms with E-state index in [0.29, 0.717) is 23.9 Å². The average Bonchev–Trinajstić information content (AvgIpc) is 2.62. The number of ether oxygens (including phenoxy) is 1. The number of carbonyl (C=O) groups is 1. The summed E-state index contributed by atoms with van der Waals surface area (Å²) in [5, 5.41) is 5.51. The van der Waals surface area contributed by atoms with Crippen LogP contribution in [0.1, 0.15) is 11.3 Å². The van der Waals surface area contributed by atoms with Crippen molar-refractivity contribution in [3.05, 3.63) is 41.9 Å². The van der Waals surface area contributed by atoms with Crippen molar-refractivity contribution in [3.8, 4) is 17.2 Å². The van der Waals surface area contributed by atoms with E-state index in [1.165, 1.54) is 6.20 Å². The van der Waals surface area contributed by atoms with Crippen LogP contribution in [0.2, 0.25) is 19.6 Å². The van der Waals surface area contributed by atoms with Gasteiger partial charge in [0, 0.05) is 12.1 Å². The lowest BCUT2D eigenvalue weighted by atomic mass is 10.2. The molecule has 2 amide bonds. The van der Waals surface area contributed by atoms with Crippen molar-refractivity contribution in [1.82, 2.24) is 14.9 Å². The Bertz CT molecular complexity index is 896. The van der Waals surface area contributed by atoms with Gasteiger partial charge in [0.25, 0.3) is 0 Å². The van der Waals surface area contributed by atoms with Crippen molar-refractivity contribution in [2.45, 2.75) is 26.6 Å². The third kappa shape index (κ3) is 8.33. The van der Waals surface area contributed by atoms with Gasteiger partial charge in [-0.25, -0.2) is 9.78 Å². The van der Waals surface area contributed by atoms with Gasteiger partial charge in [0.1, 0.15) is 20.4 Å². The van der Waals surface area contributed by atoms with Crippen LogP contribution in [0.5, 0.6) is 5.75 Å². The maximum atomic E-state index is 12.4. The molecule has 0 saturated heterocycles. The summed E-state index contributed by atoms with van der Waals surface area (Å²) < 4.78 is 5.86. The van der Waals surface area contributed by atoms with Gasteiger partial charge >= 0.3 is 6.03 Å². The van der Waals surface area contributed by atoms with Crippen molar-refractivity contribution >= 4 is 25.6 Å². The number of carbonyl (C=O) groups excluding carboxylic acids is 1. The Morgan fingerprint density at radius 1 is 1.17 bits per heavy atom. The second-order valence-electron chi connectivity index (χ2n) is 7.98. The second-order valence-corrected chi connectivity index (χ2v) is 12.7. The standard InChI is InChI=1S/C21H29N5O2Si/c1-16-14-23-20(15-22-16)25-21(27)24-18-13-17(9-12-29(4,5)6)7-8-19(18)28-11-10-26(2)3/h7-8,13-15H,10-11H2,1-6H3,(H2,23,24,25,27). The van der Waals surface area contributed by atoms with E-state index in [1.807, 2.05) is 44.1 Å². The van der Waals surface area contributed by atoms with Crippen molar-refractivity contribution in [3.63, 3.8) is 0 Å². The molecule has 2 rings (SSSR count). The molecule has 2 N–H and O–H groups in total. The Morgan fingerprint density at radius 3 is 2.55 bits per heavy atom. The van der Waals surface area contributed by atoms with Crippen molar-refractivity contribution < 1.29 is 9.53 Å². The van der Waals surface area contributed by atoms with Gasteiger partial charge in [-0.05, 0) is 39.2 Å². The number of urea groups is 1. The van der Waals surface area contributed by atoms with Gasteiger partial charge in [-0.3, -0.25) is 10.3 Å². The Morgan fingerprint density at radius 2 is 1.93 bits per heavy atom. The van der Waals surface area contributed by atoms with Gasteiger partial charge in [0.15, 0.2) is 5.82 Å². The molecule has 154 valence electrons. The zero-order valence-electron chi connectivity index (χ0n) is 18.0. The summed E-state index contributed by atoms with van der Waals surface area (Å²) >= 11 is 0. The number of likely N-dealkylation sites (N-methyl/N-ethyl adjacent to an activating group) is 1. The molecule has 0 atom stereocenters. The summed E-state index contributed by atoms with van der Waals surface area (Å²) in [6.45, 7) is 9.67. The third-order valence-corrected chi connectivity index (χ3v) is 4.50. The lowest BCUT2D eigenvalue weighted by Gasteiger charge is -2.15. The minimum absolute atomic E-state index is 0.373. The number of anilines is 2. The zero-order valence-corrected chi connectivity index (χ0v) is 19.0. The first-order valence-electron chi connectivity index (χ1n) is 9.44. The van der Waals surface area contributed by atoms with Crippen LogP contribution < -0.4 is 15.4 Å². The van der Waals surface area contributed by atoms with Gasteiger partial charge in [-0.1, -0.05) is 25.6 Å². The molecule has 8 heteroatoms. The van der Waals surface area contributed by atoms with Crippen LogP contribution in [0.4, 0.5) is 16.3 Å². The second kappa shape index (κ2) is 10.0. The van der Waals surface area contributed by atoms with E-state index in [9.17, 15) is 4.79 Å². The van der Waals surface area contributed by atoms with E-state index < -0.39 is 14.1 Å². The van der Waals surface area contributed by atoms with Gasteiger partial charge in [-0.15, -0.1) is 5.54 Å². The number of amides is 2. The largest absolute Gasteiger partial charge is 0.490 e. The van der Waals surface area contributed by atoms with Crippen LogP contribution in [0.25, 0.3) is 0 Å². The van der Waals surface area contributed by atoms with Crippen LogP contribution in [-0.4, -0.2) is 56.2 Å². The number of hydrogen-bond donors (Lipinski definition) is 2. The van der Waals surface area contributed by atoms with Gasteiger partial charge in [0.05, 0.1) is 23.8 Å². The summed E-state index contributed by atoms with van der Waals surface area (Å²) in [7, 11) is 2.45. The molecule has 2 aromatic rings. The average molecular weight is 412 g/mol. The van der Waals surface area contributed by atoms with Crippen molar-refractivity contribution in [2.24, 2.45) is 0 Å². The molecule has 29 heavy (non-hydrogen) atoms. The molecule has 0 fully saturated rings. The molecule has 0 radical (unpaired) electrons. The minimum Gasteiger partial charge on any atom is -0.490 e. The molecule has 1 aromatic carbocycles. The van der Waals surface area contributed by atoms with E-state index in [0.717, 1.165) is 17.8 Å². The Hall–Kier alpha value is -2.89. The molecule has 7 nitrogen and oxygen atoms in total. The molecule has 0 spiro atoms. The van der Waals surface area contributed by atoms with E-state index >= 15 is 0 Å². The summed E-state index contributed by atoms with van der Waals surface area (Å²) in [5.74, 6) is 4.18. The third-order valence-electron chi connectivity index (χ3n) is 3.63. The highest BCUT2D eigenvalue weighted by atomic mass is 28.3. The molecular formula is C21H29N5O2Si. The van der Waals surface area contributed by atoms with E-state index in [-0.39, 0.29) is 0 Å². The SMILES string of the molecule is Cc1cnc(NC(=O)Nc2cc(C#C[Si](C)(C)C)ccc2OCCN(C)C)cn1. The number of nitrogens with zero attached hydrogens (tertiary/aromatic N) is 3. The number of nitrogens with one attached hydrogen (secondary N) is 2. The highest BCUT2D eigenvalue weighted by Gasteiger charge is 2.11. The summed E-state index contributed by atoms with van der Waals surface area (Å²) in [5.41, 5.74) is 5.51. The van der Waals surface area contributed by atoms with Crippen molar-refractivity contribution in [1.29, 1.82) is 0 Å². The summed E-state index contributed by atoms with van der Waals surface area (Å²) in [4.78, 5) is 22.7. The Kier molecular flexibility index (Phi) is 7.76. The van der Waals surface area contributed by atoms with E-state index in [4.69, 9.17) is 4.74 Å². The fourth-order valence-electron chi connectivity index (χ4n) is 2.16. The Balaban J connectivity index is 2.19. The Labute approximate surface area is 173 Å². The first kappa shape index (κ1) is 22.4. The molecule has 0 aliphatic rings. The van der Waals surface area contributed by atoms with E-state index in [2.05, 4.69) is 51.7 Å². The number of rotatable bonds is 6. The summed E-state index contributed by atoms with van der Waals surface area (Å²) in [6, 6.07) is 5.16. The van der Waals surface area contributed by atoms with Crippen LogP contribution in [0.15, 0.2) is 30.6 Å². The van der Waals surface area contributed by atoms with Crippen LogP contribution in [0.3, 0.4) is 0 Å². The molecular weight excluding hydrogens is 382 g/mol. The van der Waals surface area contributed by atoms with E-state index in [1.54, 1.807) is 6.20 Å². The molecule has 1 aromatic heterocycles. The molecule has 0 saturated carbocycles. The zero-order chi connectivity index (χ0) is 21.4. The molecule has 0 unspecified atom stereocenters. The highest BCUT2D eigenvalue weighted by Crippen LogP contribution is 2.26. The smallest absolute Gasteiger partial charge is 0.325 e. The van der Waals surface area contributed by atoms with Crippen LogP contribution in [0, 0.1) is 18.4 Å². The molecule has 0 aliphatic heterocycles. The first-order valence-corrected chi connectivity index (χ1v) is 12.9. The minimum atomic E-state index is -1.51. The number of benzene rings is 1. The van der Waals surface area contributed by atoms with Crippen molar-refractivity contribution in [2.75, 3.05) is 37.9 Å². The maximum absolute atomic E-state index is 12.4. The maximum Gasteiger partial charge on any atom is 0.325 e.